The van der Waals surface area contributed by atoms with E-state index in [1.807, 2.05) is 18.2 Å². The van der Waals surface area contributed by atoms with E-state index in [9.17, 15) is 4.79 Å². The van der Waals surface area contributed by atoms with Crippen molar-refractivity contribution in [2.24, 2.45) is 0 Å². The number of nitrogens with zero attached hydrogens (tertiary/aromatic N) is 1. The van der Waals surface area contributed by atoms with E-state index in [1.54, 1.807) is 11.3 Å². The van der Waals surface area contributed by atoms with E-state index in [4.69, 9.17) is 11.6 Å². The van der Waals surface area contributed by atoms with Gasteiger partial charge in [0.05, 0.1) is 16.0 Å². The fraction of sp³-hybridized carbons (Fsp3) is 0.385. The summed E-state index contributed by atoms with van der Waals surface area (Å²) >= 11 is 8.98. The van der Waals surface area contributed by atoms with Crippen molar-refractivity contribution in [3.05, 3.63) is 23.2 Å². The van der Waals surface area contributed by atoms with Gasteiger partial charge in [-0.2, -0.15) is 0 Å². The largest absolute Gasteiger partial charge is 0.355 e. The van der Waals surface area contributed by atoms with Crippen molar-refractivity contribution in [2.45, 2.75) is 24.1 Å². The molecule has 1 heterocycles. The first-order chi connectivity index (χ1) is 9.19. The van der Waals surface area contributed by atoms with E-state index in [1.165, 1.54) is 11.8 Å². The first-order valence-corrected chi connectivity index (χ1v) is 8.32. The number of amides is 1. The van der Waals surface area contributed by atoms with Crippen LogP contribution in [-0.4, -0.2) is 23.2 Å². The van der Waals surface area contributed by atoms with Gasteiger partial charge in [0, 0.05) is 11.6 Å². The van der Waals surface area contributed by atoms with Gasteiger partial charge in [0.1, 0.15) is 0 Å². The van der Waals surface area contributed by atoms with Crippen LogP contribution >= 0.6 is 34.7 Å². The van der Waals surface area contributed by atoms with Crippen molar-refractivity contribution in [1.29, 1.82) is 0 Å². The Morgan fingerprint density at radius 1 is 1.53 bits per heavy atom. The number of hydrogen-bond donors (Lipinski definition) is 1. The molecule has 0 saturated carbocycles. The highest BCUT2D eigenvalue weighted by atomic mass is 35.5. The normalized spacial score (nSPS) is 10.8. The number of nitrogens with one attached hydrogen (secondary N) is 1. The van der Waals surface area contributed by atoms with Gasteiger partial charge < -0.3 is 5.32 Å². The summed E-state index contributed by atoms with van der Waals surface area (Å²) < 4.78 is 2.00. The van der Waals surface area contributed by atoms with Crippen LogP contribution in [0.25, 0.3) is 10.2 Å². The summed E-state index contributed by atoms with van der Waals surface area (Å²) in [5.74, 6) is 0.479. The molecule has 0 radical (unpaired) electrons. The second kappa shape index (κ2) is 7.12. The van der Waals surface area contributed by atoms with E-state index < -0.39 is 0 Å². The summed E-state index contributed by atoms with van der Waals surface area (Å²) in [6.07, 6.45) is 2.11. The third-order valence-electron chi connectivity index (χ3n) is 2.51. The molecule has 0 aliphatic rings. The Morgan fingerprint density at radius 3 is 3.16 bits per heavy atom. The van der Waals surface area contributed by atoms with Gasteiger partial charge in [-0.1, -0.05) is 36.7 Å². The van der Waals surface area contributed by atoms with Crippen LogP contribution in [0.5, 0.6) is 0 Å². The third-order valence-corrected chi connectivity index (χ3v) is 4.92. The zero-order valence-electron chi connectivity index (χ0n) is 10.6. The molecule has 3 nitrogen and oxygen atoms in total. The van der Waals surface area contributed by atoms with Gasteiger partial charge in [-0.15, -0.1) is 11.3 Å². The monoisotopic (exact) mass is 314 g/mol. The van der Waals surface area contributed by atoms with Crippen LogP contribution in [0.15, 0.2) is 22.5 Å². The van der Waals surface area contributed by atoms with Crippen molar-refractivity contribution < 1.29 is 4.79 Å². The van der Waals surface area contributed by atoms with Crippen LogP contribution in [0.1, 0.15) is 19.8 Å². The number of halogens is 1. The Balaban J connectivity index is 1.89. The number of unbranched alkanes of at least 4 members (excludes halogenated alkanes) is 1. The maximum atomic E-state index is 11.6. The minimum Gasteiger partial charge on any atom is -0.355 e. The third kappa shape index (κ3) is 4.37. The molecule has 0 aliphatic heterocycles. The molecule has 6 heteroatoms. The summed E-state index contributed by atoms with van der Waals surface area (Å²) in [5, 5.41) is 3.58. The number of fused-ring (bicyclic) bond motifs is 1. The molecule has 0 unspecified atom stereocenters. The highest BCUT2D eigenvalue weighted by Gasteiger charge is 2.07. The van der Waals surface area contributed by atoms with Crippen molar-refractivity contribution in [1.82, 2.24) is 10.3 Å². The van der Waals surface area contributed by atoms with Crippen LogP contribution in [0.3, 0.4) is 0 Å². The number of carbonyl (C=O) groups is 1. The van der Waals surface area contributed by atoms with Crippen LogP contribution in [-0.2, 0) is 4.79 Å². The van der Waals surface area contributed by atoms with Crippen LogP contribution in [0, 0.1) is 0 Å². The van der Waals surface area contributed by atoms with E-state index in [0.717, 1.165) is 33.9 Å². The lowest BCUT2D eigenvalue weighted by Gasteiger charge is -2.01. The second-order valence-electron chi connectivity index (χ2n) is 4.08. The van der Waals surface area contributed by atoms with Crippen molar-refractivity contribution in [3.63, 3.8) is 0 Å². The highest BCUT2D eigenvalue weighted by molar-refractivity contribution is 8.01. The molecular formula is C13H15ClN2OS2. The minimum absolute atomic E-state index is 0.0655. The first kappa shape index (κ1) is 14.6. The summed E-state index contributed by atoms with van der Waals surface area (Å²) in [7, 11) is 0. The predicted molar refractivity (Wildman–Crippen MR) is 83.3 cm³/mol. The van der Waals surface area contributed by atoms with Crippen LogP contribution in [0.4, 0.5) is 0 Å². The van der Waals surface area contributed by atoms with E-state index in [2.05, 4.69) is 17.2 Å². The summed E-state index contributed by atoms with van der Waals surface area (Å²) in [6, 6.07) is 5.66. The van der Waals surface area contributed by atoms with Gasteiger partial charge in [-0.05, 0) is 24.6 Å². The highest BCUT2D eigenvalue weighted by Crippen LogP contribution is 2.30. The molecule has 2 aromatic rings. The molecule has 0 spiro atoms. The summed E-state index contributed by atoms with van der Waals surface area (Å²) in [5.41, 5.74) is 0.895. The Bertz CT molecular complexity index is 571. The average molecular weight is 315 g/mol. The maximum absolute atomic E-state index is 11.6. The molecule has 1 amide bonds. The fourth-order valence-electron chi connectivity index (χ4n) is 1.52. The topological polar surface area (TPSA) is 42.0 Å². The van der Waals surface area contributed by atoms with Crippen LogP contribution < -0.4 is 5.32 Å². The lowest BCUT2D eigenvalue weighted by atomic mass is 10.3. The SMILES string of the molecule is CCCCNC(=O)CSc1nc2cc(Cl)ccc2s1. The Morgan fingerprint density at radius 2 is 2.37 bits per heavy atom. The Hall–Kier alpha value is -0.780. The molecule has 1 aromatic carbocycles. The molecule has 0 bridgehead atoms. The molecule has 0 saturated heterocycles. The van der Waals surface area contributed by atoms with E-state index in [-0.39, 0.29) is 5.91 Å². The average Bonchev–Trinajstić information content (AvgIpc) is 2.78. The molecule has 1 N–H and O–H groups in total. The van der Waals surface area contributed by atoms with Crippen molar-refractivity contribution in [3.8, 4) is 0 Å². The van der Waals surface area contributed by atoms with Gasteiger partial charge in [0.25, 0.3) is 0 Å². The number of carbonyl (C=O) groups excluding carboxylic acids is 1. The Kier molecular flexibility index (Phi) is 5.48. The molecule has 19 heavy (non-hydrogen) atoms. The number of thioether (sulfide) groups is 1. The van der Waals surface area contributed by atoms with Gasteiger partial charge in [-0.3, -0.25) is 4.79 Å². The maximum Gasteiger partial charge on any atom is 0.230 e. The van der Waals surface area contributed by atoms with Crippen molar-refractivity contribution >= 4 is 50.8 Å². The number of benzene rings is 1. The van der Waals surface area contributed by atoms with Gasteiger partial charge >= 0.3 is 0 Å². The number of thiazole rings is 1. The molecule has 1 aromatic heterocycles. The van der Waals surface area contributed by atoms with Crippen LogP contribution in [0.2, 0.25) is 5.02 Å². The Labute approximate surface area is 125 Å². The number of rotatable bonds is 6. The van der Waals surface area contributed by atoms with Gasteiger partial charge in [0.15, 0.2) is 4.34 Å². The smallest absolute Gasteiger partial charge is 0.230 e. The molecule has 0 fully saturated rings. The quantitative estimate of drug-likeness (QED) is 0.648. The lowest BCUT2D eigenvalue weighted by molar-refractivity contribution is -0.118. The van der Waals surface area contributed by atoms with Crippen molar-refractivity contribution in [2.75, 3.05) is 12.3 Å². The molecule has 0 aliphatic carbocycles. The fourth-order valence-corrected chi connectivity index (χ4v) is 3.57. The summed E-state index contributed by atoms with van der Waals surface area (Å²) in [6.45, 7) is 2.86. The number of hydrogen-bond acceptors (Lipinski definition) is 4. The first-order valence-electron chi connectivity index (χ1n) is 6.14. The molecular weight excluding hydrogens is 300 g/mol. The zero-order valence-corrected chi connectivity index (χ0v) is 13.0. The summed E-state index contributed by atoms with van der Waals surface area (Å²) in [4.78, 5) is 16.0. The number of aromatic nitrogens is 1. The van der Waals surface area contributed by atoms with E-state index in [0.29, 0.717) is 10.8 Å². The standard InChI is InChI=1S/C13H15ClN2OS2/c1-2-3-6-15-12(17)8-18-13-16-10-7-9(14)4-5-11(10)19-13/h4-5,7H,2-3,6,8H2,1H3,(H,15,17). The van der Waals surface area contributed by atoms with E-state index >= 15 is 0 Å². The molecule has 0 atom stereocenters. The lowest BCUT2D eigenvalue weighted by Crippen LogP contribution is -2.25. The molecule has 102 valence electrons. The second-order valence-corrected chi connectivity index (χ2v) is 6.77. The van der Waals surface area contributed by atoms with Gasteiger partial charge in [-0.25, -0.2) is 4.98 Å². The minimum atomic E-state index is 0.0655. The predicted octanol–water partition coefficient (Wildman–Crippen LogP) is 3.96. The zero-order chi connectivity index (χ0) is 13.7. The van der Waals surface area contributed by atoms with Gasteiger partial charge in [0.2, 0.25) is 5.91 Å². The molecule has 2 rings (SSSR count).